The molecule has 0 radical (unpaired) electrons. The van der Waals surface area contributed by atoms with Gasteiger partial charge in [0.15, 0.2) is 0 Å². The fourth-order valence-corrected chi connectivity index (χ4v) is 1.92. The van der Waals surface area contributed by atoms with Crippen LogP contribution in [-0.4, -0.2) is 20.1 Å². The van der Waals surface area contributed by atoms with E-state index in [4.69, 9.17) is 10.5 Å². The van der Waals surface area contributed by atoms with Crippen LogP contribution >= 0.6 is 0 Å². The predicted molar refractivity (Wildman–Crippen MR) is 68.0 cm³/mol. The number of nitrogens with two attached hydrogens (primary N) is 1. The fourth-order valence-electron chi connectivity index (χ4n) is 1.92. The van der Waals surface area contributed by atoms with Crippen molar-refractivity contribution in [2.45, 2.75) is 25.8 Å². The summed E-state index contributed by atoms with van der Waals surface area (Å²) in [5.41, 5.74) is 6.85. The second kappa shape index (κ2) is 5.19. The van der Waals surface area contributed by atoms with Crippen molar-refractivity contribution in [2.24, 2.45) is 5.73 Å². The van der Waals surface area contributed by atoms with E-state index in [1.165, 1.54) is 0 Å². The summed E-state index contributed by atoms with van der Waals surface area (Å²) in [4.78, 5) is 11.2. The molecule has 3 N–H and O–H groups in total. The Morgan fingerprint density at radius 1 is 1.53 bits per heavy atom. The standard InChI is InChI=1S/C13H20N2O2/c1-9-5-6-11(17-4)10(7-9)13(2,15-3)8-12(14)16/h5-7,15H,8H2,1-4H3,(H2,14,16). The van der Waals surface area contributed by atoms with Crippen LogP contribution in [0.15, 0.2) is 18.2 Å². The van der Waals surface area contributed by atoms with Gasteiger partial charge in [-0.05, 0) is 27.0 Å². The molecule has 1 aromatic rings. The molecule has 0 aliphatic heterocycles. The highest BCUT2D eigenvalue weighted by Crippen LogP contribution is 2.32. The van der Waals surface area contributed by atoms with Crippen LogP contribution in [0.25, 0.3) is 0 Å². The Labute approximate surface area is 102 Å². The molecular weight excluding hydrogens is 216 g/mol. The minimum Gasteiger partial charge on any atom is -0.496 e. The molecule has 1 unspecified atom stereocenters. The molecule has 4 nitrogen and oxygen atoms in total. The molecule has 0 saturated heterocycles. The smallest absolute Gasteiger partial charge is 0.219 e. The number of hydrogen-bond donors (Lipinski definition) is 2. The minimum atomic E-state index is -0.511. The number of ether oxygens (including phenoxy) is 1. The monoisotopic (exact) mass is 236 g/mol. The maximum atomic E-state index is 11.2. The molecule has 1 amide bonds. The summed E-state index contributed by atoms with van der Waals surface area (Å²) in [6.07, 6.45) is 0.226. The zero-order chi connectivity index (χ0) is 13.1. The number of benzene rings is 1. The maximum Gasteiger partial charge on any atom is 0.219 e. The van der Waals surface area contributed by atoms with Gasteiger partial charge >= 0.3 is 0 Å². The number of primary amides is 1. The van der Waals surface area contributed by atoms with Gasteiger partial charge in [-0.3, -0.25) is 4.79 Å². The Kier molecular flexibility index (Phi) is 4.12. The van der Waals surface area contributed by atoms with Crippen LogP contribution in [0.2, 0.25) is 0 Å². The Hall–Kier alpha value is -1.55. The van der Waals surface area contributed by atoms with E-state index in [0.29, 0.717) is 0 Å². The summed E-state index contributed by atoms with van der Waals surface area (Å²) in [5.74, 6) is 0.416. The van der Waals surface area contributed by atoms with Gasteiger partial charge in [-0.15, -0.1) is 0 Å². The van der Waals surface area contributed by atoms with Gasteiger partial charge in [-0.1, -0.05) is 17.7 Å². The maximum absolute atomic E-state index is 11.2. The second-order valence-corrected chi connectivity index (χ2v) is 4.43. The summed E-state index contributed by atoms with van der Waals surface area (Å²) in [7, 11) is 3.43. The molecule has 1 atom stereocenters. The van der Waals surface area contributed by atoms with E-state index >= 15 is 0 Å². The lowest BCUT2D eigenvalue weighted by Gasteiger charge is -2.30. The number of aryl methyl sites for hydroxylation is 1. The first-order chi connectivity index (χ1) is 7.92. The Bertz CT molecular complexity index is 418. The zero-order valence-corrected chi connectivity index (χ0v) is 10.8. The van der Waals surface area contributed by atoms with E-state index < -0.39 is 5.54 Å². The lowest BCUT2D eigenvalue weighted by molar-refractivity contribution is -0.119. The lowest BCUT2D eigenvalue weighted by atomic mass is 9.87. The molecule has 1 rings (SSSR count). The summed E-state index contributed by atoms with van der Waals surface area (Å²) in [6, 6.07) is 5.89. The highest BCUT2D eigenvalue weighted by Gasteiger charge is 2.29. The van der Waals surface area contributed by atoms with Crippen molar-refractivity contribution < 1.29 is 9.53 Å². The normalized spacial score (nSPS) is 14.1. The largest absolute Gasteiger partial charge is 0.496 e. The van der Waals surface area contributed by atoms with E-state index in [-0.39, 0.29) is 12.3 Å². The number of hydrogen-bond acceptors (Lipinski definition) is 3. The molecule has 0 heterocycles. The molecule has 17 heavy (non-hydrogen) atoms. The number of nitrogens with one attached hydrogen (secondary N) is 1. The van der Waals surface area contributed by atoms with E-state index in [1.807, 2.05) is 39.1 Å². The van der Waals surface area contributed by atoms with Gasteiger partial charge in [0.1, 0.15) is 5.75 Å². The van der Waals surface area contributed by atoms with Gasteiger partial charge in [0.25, 0.3) is 0 Å². The molecule has 0 bridgehead atoms. The summed E-state index contributed by atoms with van der Waals surface area (Å²) in [5, 5.41) is 3.15. The Balaban J connectivity index is 3.26. The first-order valence-corrected chi connectivity index (χ1v) is 5.55. The van der Waals surface area contributed by atoms with E-state index in [2.05, 4.69) is 5.32 Å². The third-order valence-corrected chi connectivity index (χ3v) is 3.03. The van der Waals surface area contributed by atoms with Crippen LogP contribution in [0.4, 0.5) is 0 Å². The number of carbonyl (C=O) groups is 1. The lowest BCUT2D eigenvalue weighted by Crippen LogP contribution is -2.41. The molecule has 0 aliphatic rings. The summed E-state index contributed by atoms with van der Waals surface area (Å²) >= 11 is 0. The molecule has 1 aromatic carbocycles. The molecular formula is C13H20N2O2. The molecule has 94 valence electrons. The topological polar surface area (TPSA) is 64.3 Å². The van der Waals surface area contributed by atoms with Crippen molar-refractivity contribution in [1.82, 2.24) is 5.32 Å². The van der Waals surface area contributed by atoms with Crippen molar-refractivity contribution in [3.05, 3.63) is 29.3 Å². The van der Waals surface area contributed by atoms with E-state index in [1.54, 1.807) is 7.11 Å². The third-order valence-electron chi connectivity index (χ3n) is 3.03. The minimum absolute atomic E-state index is 0.226. The van der Waals surface area contributed by atoms with Crippen LogP contribution in [0.3, 0.4) is 0 Å². The van der Waals surface area contributed by atoms with Crippen LogP contribution < -0.4 is 15.8 Å². The van der Waals surface area contributed by atoms with E-state index in [9.17, 15) is 4.79 Å². The van der Waals surface area contributed by atoms with Crippen molar-refractivity contribution in [1.29, 1.82) is 0 Å². The Morgan fingerprint density at radius 3 is 2.65 bits per heavy atom. The average molecular weight is 236 g/mol. The quantitative estimate of drug-likeness (QED) is 0.810. The number of methoxy groups -OCH3 is 1. The number of rotatable bonds is 5. The van der Waals surface area contributed by atoms with Gasteiger partial charge < -0.3 is 15.8 Å². The summed E-state index contributed by atoms with van der Waals surface area (Å²) < 4.78 is 5.34. The molecule has 0 spiro atoms. The van der Waals surface area contributed by atoms with Crippen molar-refractivity contribution in [3.8, 4) is 5.75 Å². The van der Waals surface area contributed by atoms with Crippen molar-refractivity contribution in [3.63, 3.8) is 0 Å². The molecule has 0 fully saturated rings. The van der Waals surface area contributed by atoms with Crippen molar-refractivity contribution >= 4 is 5.91 Å². The highest BCUT2D eigenvalue weighted by atomic mass is 16.5. The number of amides is 1. The van der Waals surface area contributed by atoms with Gasteiger partial charge in [0.2, 0.25) is 5.91 Å². The van der Waals surface area contributed by atoms with Gasteiger partial charge in [-0.25, -0.2) is 0 Å². The van der Waals surface area contributed by atoms with Gasteiger partial charge in [0, 0.05) is 12.0 Å². The van der Waals surface area contributed by atoms with Crippen LogP contribution in [0, 0.1) is 6.92 Å². The third kappa shape index (κ3) is 2.97. The predicted octanol–water partition coefficient (Wildman–Crippen LogP) is 1.31. The average Bonchev–Trinajstić information content (AvgIpc) is 2.28. The second-order valence-electron chi connectivity index (χ2n) is 4.43. The molecule has 0 aliphatic carbocycles. The van der Waals surface area contributed by atoms with Gasteiger partial charge in [0.05, 0.1) is 12.6 Å². The Morgan fingerprint density at radius 2 is 2.18 bits per heavy atom. The first kappa shape index (κ1) is 13.5. The summed E-state index contributed by atoms with van der Waals surface area (Å²) in [6.45, 7) is 3.94. The first-order valence-electron chi connectivity index (χ1n) is 5.55. The number of carbonyl (C=O) groups excluding carboxylic acids is 1. The van der Waals surface area contributed by atoms with Crippen LogP contribution in [-0.2, 0) is 10.3 Å². The zero-order valence-electron chi connectivity index (χ0n) is 10.8. The highest BCUT2D eigenvalue weighted by molar-refractivity contribution is 5.75. The fraction of sp³-hybridized carbons (Fsp3) is 0.462. The van der Waals surface area contributed by atoms with Crippen molar-refractivity contribution in [2.75, 3.05) is 14.2 Å². The SMILES string of the molecule is CNC(C)(CC(N)=O)c1cc(C)ccc1OC. The molecule has 0 aromatic heterocycles. The molecule has 4 heteroatoms. The van der Waals surface area contributed by atoms with E-state index in [0.717, 1.165) is 16.9 Å². The van der Waals surface area contributed by atoms with Gasteiger partial charge in [-0.2, -0.15) is 0 Å². The van der Waals surface area contributed by atoms with Crippen LogP contribution in [0.1, 0.15) is 24.5 Å². The van der Waals surface area contributed by atoms with Crippen LogP contribution in [0.5, 0.6) is 5.75 Å². The molecule has 0 saturated carbocycles.